The maximum Gasteiger partial charge on any atom is 0.171 e. The summed E-state index contributed by atoms with van der Waals surface area (Å²) in [5, 5.41) is 0.198. The molecule has 0 saturated carbocycles. The Labute approximate surface area is 85.0 Å². The number of carbonyl (C=O) groups is 1. The summed E-state index contributed by atoms with van der Waals surface area (Å²) in [7, 11) is 0. The van der Waals surface area contributed by atoms with Gasteiger partial charge >= 0.3 is 0 Å². The average Bonchev–Trinajstić information content (AvgIpc) is 2.21. The molecule has 0 radical (unpaired) electrons. The molecule has 74 valence electrons. The molecule has 1 aliphatic rings. The second-order valence-electron chi connectivity index (χ2n) is 3.47. The number of Topliss-reactive ketones (excluding diaryl/α,β-unsaturated/α-hetero) is 1. The highest BCUT2D eigenvalue weighted by atomic mass is 32.2. The van der Waals surface area contributed by atoms with Gasteiger partial charge in [0.1, 0.15) is 0 Å². The summed E-state index contributed by atoms with van der Waals surface area (Å²) in [5.41, 5.74) is 1.09. The van der Waals surface area contributed by atoms with Gasteiger partial charge in [-0.2, -0.15) is 11.8 Å². The molecular weight excluding hydrogens is 180 g/mol. The molecule has 0 aromatic rings. The third-order valence-electron chi connectivity index (χ3n) is 2.56. The van der Waals surface area contributed by atoms with Crippen molar-refractivity contribution in [2.45, 2.75) is 44.3 Å². The first-order chi connectivity index (χ1) is 6.29. The van der Waals surface area contributed by atoms with Crippen molar-refractivity contribution in [2.75, 3.05) is 6.26 Å². The van der Waals surface area contributed by atoms with E-state index in [1.54, 1.807) is 11.8 Å². The largest absolute Gasteiger partial charge is 0.293 e. The van der Waals surface area contributed by atoms with Gasteiger partial charge in [0, 0.05) is 0 Å². The van der Waals surface area contributed by atoms with Gasteiger partial charge in [-0.15, -0.1) is 0 Å². The van der Waals surface area contributed by atoms with Crippen LogP contribution in [0.1, 0.15) is 39.0 Å². The average molecular weight is 198 g/mol. The molecule has 0 aliphatic heterocycles. The smallest absolute Gasteiger partial charge is 0.171 e. The monoisotopic (exact) mass is 198 g/mol. The summed E-state index contributed by atoms with van der Waals surface area (Å²) in [6.45, 7) is 2.09. The van der Waals surface area contributed by atoms with Crippen LogP contribution in [0, 0.1) is 0 Å². The van der Waals surface area contributed by atoms with Gasteiger partial charge in [-0.1, -0.05) is 13.0 Å². The molecule has 13 heavy (non-hydrogen) atoms. The number of rotatable bonds is 4. The second kappa shape index (κ2) is 5.48. The lowest BCUT2D eigenvalue weighted by atomic mass is 9.94. The number of allylic oxidation sites excluding steroid dienone is 2. The van der Waals surface area contributed by atoms with Gasteiger partial charge in [0.05, 0.1) is 5.25 Å². The van der Waals surface area contributed by atoms with Crippen LogP contribution in [0.3, 0.4) is 0 Å². The van der Waals surface area contributed by atoms with Crippen molar-refractivity contribution in [3.05, 3.63) is 11.6 Å². The number of hydrogen-bond donors (Lipinski definition) is 0. The maximum absolute atomic E-state index is 11.9. The molecule has 2 heteroatoms. The molecule has 1 aliphatic carbocycles. The first-order valence-corrected chi connectivity index (χ1v) is 6.34. The van der Waals surface area contributed by atoms with Crippen molar-refractivity contribution < 1.29 is 4.79 Å². The van der Waals surface area contributed by atoms with Crippen LogP contribution in [0.15, 0.2) is 11.6 Å². The van der Waals surface area contributed by atoms with Gasteiger partial charge in [0.15, 0.2) is 5.78 Å². The zero-order valence-electron chi connectivity index (χ0n) is 8.51. The Bertz CT molecular complexity index is 204. The van der Waals surface area contributed by atoms with Crippen LogP contribution in [0.25, 0.3) is 0 Å². The van der Waals surface area contributed by atoms with Gasteiger partial charge < -0.3 is 0 Å². The Kier molecular flexibility index (Phi) is 4.57. The zero-order valence-corrected chi connectivity index (χ0v) is 9.32. The Hall–Kier alpha value is -0.240. The highest BCUT2D eigenvalue weighted by Gasteiger charge is 2.19. The predicted molar refractivity (Wildman–Crippen MR) is 59.2 cm³/mol. The molecule has 0 aromatic heterocycles. The highest BCUT2D eigenvalue weighted by molar-refractivity contribution is 7.99. The lowest BCUT2D eigenvalue weighted by Gasteiger charge is -2.16. The van der Waals surface area contributed by atoms with E-state index < -0.39 is 0 Å². The fourth-order valence-corrected chi connectivity index (χ4v) is 2.43. The maximum atomic E-state index is 11.9. The Morgan fingerprint density at radius 2 is 2.38 bits per heavy atom. The molecule has 0 spiro atoms. The van der Waals surface area contributed by atoms with Crippen molar-refractivity contribution >= 4 is 17.5 Å². The number of carbonyl (C=O) groups excluding carboxylic acids is 1. The number of ketones is 1. The lowest BCUT2D eigenvalue weighted by molar-refractivity contribution is -0.115. The van der Waals surface area contributed by atoms with Crippen LogP contribution in [0.4, 0.5) is 0 Å². The van der Waals surface area contributed by atoms with Crippen molar-refractivity contribution in [1.82, 2.24) is 0 Å². The van der Waals surface area contributed by atoms with E-state index in [-0.39, 0.29) is 5.25 Å². The van der Waals surface area contributed by atoms with Crippen molar-refractivity contribution in [1.29, 1.82) is 0 Å². The summed E-state index contributed by atoms with van der Waals surface area (Å²) in [5.74, 6) is 0.384. The van der Waals surface area contributed by atoms with E-state index in [0.29, 0.717) is 5.78 Å². The summed E-state index contributed by atoms with van der Waals surface area (Å²) in [6.07, 6.45) is 9.69. The van der Waals surface area contributed by atoms with Crippen LogP contribution >= 0.6 is 11.8 Å². The molecule has 0 heterocycles. The molecule has 1 rings (SSSR count). The van der Waals surface area contributed by atoms with E-state index in [0.717, 1.165) is 24.8 Å². The number of thioether (sulfide) groups is 1. The van der Waals surface area contributed by atoms with Gasteiger partial charge in [-0.25, -0.2) is 0 Å². The van der Waals surface area contributed by atoms with E-state index >= 15 is 0 Å². The highest BCUT2D eigenvalue weighted by Crippen LogP contribution is 2.23. The first-order valence-electron chi connectivity index (χ1n) is 5.05. The van der Waals surface area contributed by atoms with Gasteiger partial charge in [0.25, 0.3) is 0 Å². The molecule has 0 saturated heterocycles. The molecule has 0 fully saturated rings. The predicted octanol–water partition coefficient (Wildman–Crippen LogP) is 3.20. The summed E-state index contributed by atoms with van der Waals surface area (Å²) < 4.78 is 0. The SMILES string of the molecule is CCC(SC)C(=O)C1=CCCCC1. The summed E-state index contributed by atoms with van der Waals surface area (Å²) in [4.78, 5) is 11.9. The fourth-order valence-electron chi connectivity index (χ4n) is 1.73. The van der Waals surface area contributed by atoms with Crippen LogP contribution in [-0.2, 0) is 4.79 Å². The van der Waals surface area contributed by atoms with Gasteiger partial charge in [-0.05, 0) is 43.9 Å². The molecule has 0 aromatic carbocycles. The lowest BCUT2D eigenvalue weighted by Crippen LogP contribution is -2.19. The number of hydrogen-bond acceptors (Lipinski definition) is 2. The third-order valence-corrected chi connectivity index (χ3v) is 3.67. The van der Waals surface area contributed by atoms with E-state index in [2.05, 4.69) is 13.0 Å². The molecular formula is C11H18OS. The van der Waals surface area contributed by atoms with E-state index in [9.17, 15) is 4.79 Å². The molecule has 1 nitrogen and oxygen atoms in total. The molecule has 0 N–H and O–H groups in total. The van der Waals surface area contributed by atoms with Crippen LogP contribution in [0.2, 0.25) is 0 Å². The van der Waals surface area contributed by atoms with Crippen molar-refractivity contribution in [3.63, 3.8) is 0 Å². The Morgan fingerprint density at radius 3 is 2.85 bits per heavy atom. The third kappa shape index (κ3) is 2.87. The summed E-state index contributed by atoms with van der Waals surface area (Å²) >= 11 is 1.68. The van der Waals surface area contributed by atoms with E-state index in [4.69, 9.17) is 0 Å². The van der Waals surface area contributed by atoms with Crippen LogP contribution in [-0.4, -0.2) is 17.3 Å². The van der Waals surface area contributed by atoms with Crippen LogP contribution < -0.4 is 0 Å². The van der Waals surface area contributed by atoms with Gasteiger partial charge in [-0.3, -0.25) is 4.79 Å². The second-order valence-corrected chi connectivity index (χ2v) is 4.51. The fraction of sp³-hybridized carbons (Fsp3) is 0.727. The molecule has 0 bridgehead atoms. The molecule has 0 amide bonds. The van der Waals surface area contributed by atoms with Gasteiger partial charge in [0.2, 0.25) is 0 Å². The standard InChI is InChI=1S/C11H18OS/c1-3-10(13-2)11(12)9-7-5-4-6-8-9/h7,10H,3-6,8H2,1-2H3. The molecule has 1 atom stereocenters. The van der Waals surface area contributed by atoms with Crippen LogP contribution in [0.5, 0.6) is 0 Å². The minimum absolute atomic E-state index is 0.198. The van der Waals surface area contributed by atoms with E-state index in [1.165, 1.54) is 12.8 Å². The normalized spacial score (nSPS) is 19.4. The minimum atomic E-state index is 0.198. The molecule has 1 unspecified atom stereocenters. The topological polar surface area (TPSA) is 17.1 Å². The van der Waals surface area contributed by atoms with E-state index in [1.807, 2.05) is 6.26 Å². The quantitative estimate of drug-likeness (QED) is 0.690. The van der Waals surface area contributed by atoms with Crippen molar-refractivity contribution in [3.8, 4) is 0 Å². The Morgan fingerprint density at radius 1 is 1.62 bits per heavy atom. The minimum Gasteiger partial charge on any atom is -0.293 e. The first kappa shape index (κ1) is 10.8. The zero-order chi connectivity index (χ0) is 9.68. The Balaban J connectivity index is 2.59. The summed E-state index contributed by atoms with van der Waals surface area (Å²) in [6, 6.07) is 0. The van der Waals surface area contributed by atoms with Crippen molar-refractivity contribution in [2.24, 2.45) is 0 Å².